The van der Waals surface area contributed by atoms with Gasteiger partial charge in [-0.3, -0.25) is 14.2 Å². The first-order valence-electron chi connectivity index (χ1n) is 30.3. The molecule has 0 radical (unpaired) electrons. The fourth-order valence-corrected chi connectivity index (χ4v) is 9.01. The zero-order valence-corrected chi connectivity index (χ0v) is 49.4. The van der Waals surface area contributed by atoms with E-state index in [9.17, 15) is 19.0 Å². The predicted octanol–water partition coefficient (Wildman–Crippen LogP) is 18.4. The highest BCUT2D eigenvalue weighted by Gasteiger charge is 2.22. The van der Waals surface area contributed by atoms with Crippen LogP contribution in [0.3, 0.4) is 0 Å². The number of phosphoric acid groups is 1. The van der Waals surface area contributed by atoms with Gasteiger partial charge >= 0.3 is 11.9 Å². The lowest BCUT2D eigenvalue weighted by molar-refractivity contribution is -0.870. The van der Waals surface area contributed by atoms with Crippen LogP contribution in [0.2, 0.25) is 0 Å². The van der Waals surface area contributed by atoms with Crippen molar-refractivity contribution in [3.63, 3.8) is 0 Å². The summed E-state index contributed by atoms with van der Waals surface area (Å²) in [6.45, 7) is 4.11. The number of rotatable bonds is 55. The van der Waals surface area contributed by atoms with Gasteiger partial charge in [0.2, 0.25) is 0 Å². The lowest BCUT2D eigenvalue weighted by atomic mass is 10.0. The summed E-state index contributed by atoms with van der Waals surface area (Å²) in [5, 5.41) is 0. The number of esters is 2. The molecule has 9 nitrogen and oxygen atoms in total. The number of hydrogen-bond acceptors (Lipinski definition) is 8. The summed E-state index contributed by atoms with van der Waals surface area (Å²) in [6, 6.07) is 0. The molecule has 0 fully saturated rings. The van der Waals surface area contributed by atoms with Crippen molar-refractivity contribution in [2.75, 3.05) is 47.5 Å². The minimum atomic E-state index is -4.65. The van der Waals surface area contributed by atoms with Gasteiger partial charge in [0.1, 0.15) is 19.8 Å². The van der Waals surface area contributed by atoms with E-state index < -0.39 is 32.5 Å². The number of likely N-dealkylation sites (N-methyl/N-ethyl adjacent to an activating group) is 1. The maximum Gasteiger partial charge on any atom is 0.306 e. The standard InChI is InChI=1S/C64H114NO8P/c1-6-8-10-12-14-16-18-20-22-24-26-28-30-32-34-36-38-40-42-44-46-48-50-52-54-56-63(66)70-60-62(61-72-74(68,69)71-59-58-65(3,4)5)73-64(67)57-55-53-51-49-47-45-43-41-39-37-35-33-31-29-27-25-23-21-19-17-15-13-11-9-7-2/h9,11,15,17,21,23,27,29,33,35,39,41,45,47,62H,6-8,10,12-14,16,18-20,22,24-26,28,30-32,34,36-38,40,42-44,46,48-61H2,1-5H3/b11-9-,17-15-,23-21-,29-27-,35-33-,41-39-,47-45-. The first kappa shape index (κ1) is 71.2. The lowest BCUT2D eigenvalue weighted by Crippen LogP contribution is -2.37. The Hall–Kier alpha value is -2.81. The SMILES string of the molecule is CC/C=C\C/C=C\C/C=C\C/C=C\C/C=C\C/C=C\C/C=C\CCCCCC(=O)OC(COC(=O)CCCCCCCCCCCCCCCCCCCCCCCCCCC)COP(=O)([O-])OCC[N+](C)(C)C. The van der Waals surface area contributed by atoms with Gasteiger partial charge in [0.25, 0.3) is 7.82 Å². The van der Waals surface area contributed by atoms with Gasteiger partial charge in [-0.1, -0.05) is 259 Å². The molecule has 74 heavy (non-hydrogen) atoms. The van der Waals surface area contributed by atoms with Crippen LogP contribution in [0.25, 0.3) is 0 Å². The van der Waals surface area contributed by atoms with Gasteiger partial charge in [-0.05, 0) is 70.6 Å². The molecule has 0 amide bonds. The third kappa shape index (κ3) is 58.5. The zero-order chi connectivity index (χ0) is 54.2. The Morgan fingerprint density at radius 3 is 1.15 bits per heavy atom. The van der Waals surface area contributed by atoms with Crippen LogP contribution in [0.4, 0.5) is 0 Å². The average molecular weight is 1060 g/mol. The van der Waals surface area contributed by atoms with E-state index in [4.69, 9.17) is 18.5 Å². The number of ether oxygens (including phenoxy) is 2. The monoisotopic (exact) mass is 1060 g/mol. The molecule has 0 heterocycles. The molecule has 0 saturated heterocycles. The second-order valence-corrected chi connectivity index (χ2v) is 22.8. The third-order valence-electron chi connectivity index (χ3n) is 12.9. The van der Waals surface area contributed by atoms with E-state index in [-0.39, 0.29) is 26.1 Å². The Balaban J connectivity index is 4.21. The summed E-state index contributed by atoms with van der Waals surface area (Å²) in [5.74, 6) is -0.867. The number of phosphoric ester groups is 1. The van der Waals surface area contributed by atoms with E-state index in [1.807, 2.05) is 21.1 Å². The van der Waals surface area contributed by atoms with Gasteiger partial charge in [-0.2, -0.15) is 0 Å². The van der Waals surface area contributed by atoms with Crippen molar-refractivity contribution >= 4 is 19.8 Å². The topological polar surface area (TPSA) is 111 Å². The molecule has 2 unspecified atom stereocenters. The zero-order valence-electron chi connectivity index (χ0n) is 48.5. The van der Waals surface area contributed by atoms with E-state index in [1.54, 1.807) is 0 Å². The van der Waals surface area contributed by atoms with Gasteiger partial charge < -0.3 is 27.9 Å². The molecule has 0 rings (SSSR count). The number of unbranched alkanes of at least 4 members (excludes halogenated alkanes) is 27. The van der Waals surface area contributed by atoms with E-state index >= 15 is 0 Å². The van der Waals surface area contributed by atoms with Gasteiger partial charge in [-0.25, -0.2) is 0 Å². The molecule has 0 aliphatic heterocycles. The highest BCUT2D eigenvalue weighted by Crippen LogP contribution is 2.38. The maximum absolute atomic E-state index is 12.8. The molecule has 0 aromatic heterocycles. The van der Waals surface area contributed by atoms with Crippen LogP contribution in [0.5, 0.6) is 0 Å². The van der Waals surface area contributed by atoms with Crippen molar-refractivity contribution in [2.45, 2.75) is 264 Å². The Labute approximate surface area is 456 Å². The molecule has 0 N–H and O–H groups in total. The van der Waals surface area contributed by atoms with E-state index in [0.29, 0.717) is 17.4 Å². The highest BCUT2D eigenvalue weighted by atomic mass is 31.2. The second kappa shape index (κ2) is 55.0. The van der Waals surface area contributed by atoms with Crippen molar-refractivity contribution in [1.82, 2.24) is 0 Å². The van der Waals surface area contributed by atoms with Crippen LogP contribution in [0.15, 0.2) is 85.1 Å². The Bertz CT molecular complexity index is 1520. The Kier molecular flexibility index (Phi) is 52.9. The van der Waals surface area contributed by atoms with Gasteiger partial charge in [0.15, 0.2) is 6.10 Å². The number of carbonyl (C=O) groups excluding carboxylic acids is 2. The van der Waals surface area contributed by atoms with Gasteiger partial charge in [-0.15, -0.1) is 0 Å². The summed E-state index contributed by atoms with van der Waals surface area (Å²) in [5.41, 5.74) is 0. The summed E-state index contributed by atoms with van der Waals surface area (Å²) >= 11 is 0. The summed E-state index contributed by atoms with van der Waals surface area (Å²) in [6.07, 6.45) is 73.5. The van der Waals surface area contributed by atoms with Crippen molar-refractivity contribution in [1.29, 1.82) is 0 Å². The molecule has 0 saturated carbocycles. The average Bonchev–Trinajstić information content (AvgIpc) is 3.36. The molecule has 2 atom stereocenters. The van der Waals surface area contributed by atoms with Crippen LogP contribution >= 0.6 is 7.82 Å². The van der Waals surface area contributed by atoms with E-state index in [2.05, 4.69) is 98.9 Å². The van der Waals surface area contributed by atoms with Crippen LogP contribution in [-0.2, 0) is 32.7 Å². The smallest absolute Gasteiger partial charge is 0.306 e. The highest BCUT2D eigenvalue weighted by molar-refractivity contribution is 7.45. The molecular formula is C64H114NO8P. The van der Waals surface area contributed by atoms with Crippen LogP contribution in [0, 0.1) is 0 Å². The summed E-state index contributed by atoms with van der Waals surface area (Å²) < 4.78 is 34.2. The Morgan fingerprint density at radius 2 is 0.770 bits per heavy atom. The fraction of sp³-hybridized carbons (Fsp3) is 0.750. The predicted molar refractivity (Wildman–Crippen MR) is 314 cm³/mol. The first-order chi connectivity index (χ1) is 36.0. The number of allylic oxidation sites excluding steroid dienone is 14. The molecular weight excluding hydrogens is 942 g/mol. The van der Waals surface area contributed by atoms with Crippen molar-refractivity contribution in [2.24, 2.45) is 0 Å². The largest absolute Gasteiger partial charge is 0.756 e. The van der Waals surface area contributed by atoms with Gasteiger partial charge in [0, 0.05) is 12.8 Å². The van der Waals surface area contributed by atoms with Crippen LogP contribution < -0.4 is 4.89 Å². The molecule has 0 aromatic carbocycles. The minimum absolute atomic E-state index is 0.0406. The van der Waals surface area contributed by atoms with E-state index in [0.717, 1.165) is 83.5 Å². The first-order valence-corrected chi connectivity index (χ1v) is 31.8. The van der Waals surface area contributed by atoms with Crippen molar-refractivity contribution in [3.05, 3.63) is 85.1 Å². The lowest BCUT2D eigenvalue weighted by Gasteiger charge is -2.28. The number of quaternary nitrogens is 1. The molecule has 428 valence electrons. The van der Waals surface area contributed by atoms with Crippen LogP contribution in [0.1, 0.15) is 258 Å². The number of nitrogens with zero attached hydrogens (tertiary/aromatic N) is 1. The van der Waals surface area contributed by atoms with Crippen molar-refractivity contribution in [3.8, 4) is 0 Å². The molecule has 0 aromatic rings. The van der Waals surface area contributed by atoms with Gasteiger partial charge in [0.05, 0.1) is 27.7 Å². The molecule has 0 spiro atoms. The summed E-state index contributed by atoms with van der Waals surface area (Å²) in [7, 11) is 1.14. The molecule has 0 bridgehead atoms. The van der Waals surface area contributed by atoms with Crippen molar-refractivity contribution < 1.29 is 42.1 Å². The normalized spacial score (nSPS) is 13.9. The van der Waals surface area contributed by atoms with Crippen LogP contribution in [-0.4, -0.2) is 70.0 Å². The third-order valence-corrected chi connectivity index (χ3v) is 13.9. The second-order valence-electron chi connectivity index (χ2n) is 21.3. The molecule has 0 aliphatic carbocycles. The van der Waals surface area contributed by atoms with E-state index in [1.165, 1.54) is 141 Å². The molecule has 10 heteroatoms. The number of hydrogen-bond donors (Lipinski definition) is 0. The number of carbonyl (C=O) groups is 2. The Morgan fingerprint density at radius 1 is 0.432 bits per heavy atom. The minimum Gasteiger partial charge on any atom is -0.756 e. The molecule has 0 aliphatic rings. The quantitative estimate of drug-likeness (QED) is 0.0195. The fourth-order valence-electron chi connectivity index (χ4n) is 8.28. The summed E-state index contributed by atoms with van der Waals surface area (Å²) in [4.78, 5) is 37.9. The maximum atomic E-state index is 12.8.